The minimum absolute atomic E-state index is 0.0131. The molecule has 0 saturated heterocycles. The highest BCUT2D eigenvalue weighted by atomic mass is 19.1. The normalized spacial score (nSPS) is 14.8. The number of nitrogens with one attached hydrogen (secondary N) is 3. The molecule has 4 aromatic rings. The van der Waals surface area contributed by atoms with Crippen molar-refractivity contribution in [2.75, 3.05) is 84.4 Å². The van der Waals surface area contributed by atoms with Gasteiger partial charge < -0.3 is 44.6 Å². The Morgan fingerprint density at radius 3 is 2.29 bits per heavy atom. The highest BCUT2D eigenvalue weighted by molar-refractivity contribution is 6.41. The number of amides is 4. The van der Waals surface area contributed by atoms with Crippen LogP contribution in [0.2, 0.25) is 0 Å². The van der Waals surface area contributed by atoms with Gasteiger partial charge in [-0.15, -0.1) is 0 Å². The molecule has 1 aliphatic carbocycles. The van der Waals surface area contributed by atoms with Crippen molar-refractivity contribution < 1.29 is 52.4 Å². The summed E-state index contributed by atoms with van der Waals surface area (Å²) in [6, 6.07) is 14.4. The first-order chi connectivity index (χ1) is 32.8. The number of methoxy groups -OCH3 is 1. The second kappa shape index (κ2) is 24.3. The van der Waals surface area contributed by atoms with Gasteiger partial charge >= 0.3 is 6.09 Å². The molecule has 2 heterocycles. The van der Waals surface area contributed by atoms with Crippen LogP contribution in [0.5, 0.6) is 0 Å². The summed E-state index contributed by atoms with van der Waals surface area (Å²) < 4.78 is 37.3. The number of halogens is 1. The van der Waals surface area contributed by atoms with Crippen LogP contribution in [-0.2, 0) is 23.7 Å². The highest BCUT2D eigenvalue weighted by Gasteiger charge is 2.40. The molecular weight excluding hydrogens is 874 g/mol. The van der Waals surface area contributed by atoms with E-state index in [9.17, 15) is 33.5 Å². The maximum Gasteiger partial charge on any atom is 0.421 e. The van der Waals surface area contributed by atoms with E-state index in [0.717, 1.165) is 41.6 Å². The van der Waals surface area contributed by atoms with Crippen molar-refractivity contribution in [3.63, 3.8) is 0 Å². The maximum absolute atomic E-state index is 14.9. The van der Waals surface area contributed by atoms with Crippen molar-refractivity contribution in [1.29, 1.82) is 0 Å². The molecule has 1 aromatic heterocycles. The average Bonchev–Trinajstić information content (AvgIpc) is 3.90. The lowest BCUT2D eigenvalue weighted by Gasteiger charge is -2.19. The average molecular weight is 938 g/mol. The molecule has 2 atom stereocenters. The number of anilines is 1. The van der Waals surface area contributed by atoms with Gasteiger partial charge in [-0.2, -0.15) is 0 Å². The Bertz CT molecular complexity index is 2500. The van der Waals surface area contributed by atoms with Crippen LogP contribution in [0, 0.1) is 19.7 Å². The minimum atomic E-state index is -1.00. The second-order valence-electron chi connectivity index (χ2n) is 17.0. The molecule has 16 heteroatoms. The van der Waals surface area contributed by atoms with Gasteiger partial charge in [-0.05, 0) is 123 Å². The molecule has 6 rings (SSSR count). The van der Waals surface area contributed by atoms with Crippen LogP contribution in [0.15, 0.2) is 54.6 Å². The molecule has 68 heavy (non-hydrogen) atoms. The monoisotopic (exact) mass is 937 g/mol. The van der Waals surface area contributed by atoms with Crippen molar-refractivity contribution in [2.24, 2.45) is 0 Å². The number of hydrogen-bond donors (Lipinski definition) is 4. The minimum Gasteiger partial charge on any atom is -0.448 e. The maximum atomic E-state index is 14.9. The number of aliphatic hydroxyl groups excluding tert-OH is 1. The van der Waals surface area contributed by atoms with Gasteiger partial charge in [0, 0.05) is 93.6 Å². The number of H-pyrrole nitrogens is 1. The third kappa shape index (κ3) is 12.2. The molecule has 364 valence electrons. The number of carbonyl (C=O) groups is 5. The summed E-state index contributed by atoms with van der Waals surface area (Å²) in [5.74, 6) is -2.71. The molecule has 3 aromatic carbocycles. The number of nitrogens with zero attached hydrogens (tertiary/aromatic N) is 2. The second-order valence-corrected chi connectivity index (χ2v) is 17.0. The Hall–Kier alpha value is -6.04. The number of aryl methyl sites for hydroxylation is 1. The quantitative estimate of drug-likeness (QED) is 0.0299. The van der Waals surface area contributed by atoms with E-state index in [-0.39, 0.29) is 66.7 Å². The highest BCUT2D eigenvalue weighted by Crippen LogP contribution is 2.46. The molecule has 4 amide bonds. The van der Waals surface area contributed by atoms with E-state index in [4.69, 9.17) is 18.9 Å². The van der Waals surface area contributed by atoms with Gasteiger partial charge in [-0.3, -0.25) is 19.2 Å². The third-order valence-corrected chi connectivity index (χ3v) is 12.5. The standard InChI is InChI=1S/C52H64FN5O10/c1-7-57(8-2)21-19-54-50(62)48-33(4)45(56-34(48)5)30-43-42-29-37(53)14-17-46(42)58(51(43)63)52(64)68-31-44-40-27-35(47(60)11-9-25-67-32(3)18-22-59)12-15-38(40)39-16-13-36(28-41(39)44)49(61)55-20-26-66-24-10-23-65-6/h12-17,27-30,32,44,56,59H,7-11,18-26,31H2,1-6H3,(H,54,62)(H,55,61)/b43-30-. The lowest BCUT2D eigenvalue weighted by molar-refractivity contribution is -0.112. The molecule has 4 N–H and O–H groups in total. The lowest BCUT2D eigenvalue weighted by Crippen LogP contribution is -2.35. The Labute approximate surface area is 397 Å². The van der Waals surface area contributed by atoms with Gasteiger partial charge in [0.15, 0.2) is 5.78 Å². The number of hydrogen-bond acceptors (Lipinski definition) is 11. The van der Waals surface area contributed by atoms with Crippen LogP contribution in [0.25, 0.3) is 22.8 Å². The van der Waals surface area contributed by atoms with Crippen LogP contribution in [0.4, 0.5) is 14.9 Å². The largest absolute Gasteiger partial charge is 0.448 e. The van der Waals surface area contributed by atoms with Crippen molar-refractivity contribution in [2.45, 2.75) is 72.3 Å². The molecule has 0 saturated carbocycles. The van der Waals surface area contributed by atoms with E-state index in [1.165, 1.54) is 18.2 Å². The number of Topliss-reactive ketones (excluding diaryl/α,β-unsaturated/α-hetero) is 1. The predicted octanol–water partition coefficient (Wildman–Crippen LogP) is 7.21. The number of imide groups is 1. The van der Waals surface area contributed by atoms with Crippen LogP contribution in [0.3, 0.4) is 0 Å². The summed E-state index contributed by atoms with van der Waals surface area (Å²) in [5, 5.41) is 15.1. The van der Waals surface area contributed by atoms with Crippen LogP contribution >= 0.6 is 0 Å². The molecule has 2 unspecified atom stereocenters. The number of aromatic amines is 1. The number of fused-ring (bicyclic) bond motifs is 4. The molecule has 0 bridgehead atoms. The van der Waals surface area contributed by atoms with E-state index in [2.05, 4.69) is 34.4 Å². The number of aromatic nitrogens is 1. The topological polar surface area (TPSA) is 189 Å². The van der Waals surface area contributed by atoms with Gasteiger partial charge in [0.2, 0.25) is 0 Å². The summed E-state index contributed by atoms with van der Waals surface area (Å²) in [7, 11) is 1.62. The Kier molecular flexibility index (Phi) is 18.4. The molecular formula is C52H64FN5O10. The number of ether oxygens (including phenoxy) is 4. The number of carbonyl (C=O) groups excluding carboxylic acids is 5. The SMILES string of the molecule is CCN(CC)CCNC(=O)c1c(C)[nH]c(/C=C2\C(=O)N(C(=O)OCC3c4cc(C(=O)CCCOC(C)CCO)ccc4-c4ccc(C(=O)NCCOCCCOC)cc43)c3ccc(F)cc32)c1C. The first-order valence-electron chi connectivity index (χ1n) is 23.4. The zero-order valence-corrected chi connectivity index (χ0v) is 39.9. The smallest absolute Gasteiger partial charge is 0.421 e. The molecule has 0 spiro atoms. The Morgan fingerprint density at radius 2 is 1.59 bits per heavy atom. The molecule has 2 aliphatic rings. The number of ketones is 1. The fraction of sp³-hybridized carbons (Fsp3) is 0.442. The van der Waals surface area contributed by atoms with Gasteiger partial charge in [0.05, 0.1) is 29.5 Å². The van der Waals surface area contributed by atoms with Crippen LogP contribution in [-0.4, -0.2) is 130 Å². The van der Waals surface area contributed by atoms with Crippen molar-refractivity contribution >= 4 is 46.9 Å². The van der Waals surface area contributed by atoms with Crippen molar-refractivity contribution in [3.05, 3.63) is 111 Å². The Balaban J connectivity index is 1.24. The third-order valence-electron chi connectivity index (χ3n) is 12.5. The van der Waals surface area contributed by atoms with E-state index in [1.807, 2.05) is 19.1 Å². The fourth-order valence-electron chi connectivity index (χ4n) is 8.69. The number of benzene rings is 3. The summed E-state index contributed by atoms with van der Waals surface area (Å²) >= 11 is 0. The first-order valence-corrected chi connectivity index (χ1v) is 23.4. The van der Waals surface area contributed by atoms with Gasteiger partial charge in [-0.25, -0.2) is 14.1 Å². The van der Waals surface area contributed by atoms with Crippen molar-refractivity contribution in [3.8, 4) is 11.1 Å². The predicted molar refractivity (Wildman–Crippen MR) is 258 cm³/mol. The molecule has 15 nitrogen and oxygen atoms in total. The molecule has 0 fully saturated rings. The van der Waals surface area contributed by atoms with Gasteiger partial charge in [-0.1, -0.05) is 32.0 Å². The zero-order chi connectivity index (χ0) is 48.9. The molecule has 0 radical (unpaired) electrons. The van der Waals surface area contributed by atoms with E-state index >= 15 is 0 Å². The zero-order valence-electron chi connectivity index (χ0n) is 39.9. The van der Waals surface area contributed by atoms with E-state index in [1.54, 1.807) is 45.2 Å². The van der Waals surface area contributed by atoms with E-state index < -0.39 is 23.7 Å². The number of likely N-dealkylation sites (N-methyl/N-ethyl adjacent to an activating group) is 1. The fourth-order valence-corrected chi connectivity index (χ4v) is 8.69. The van der Waals surface area contributed by atoms with E-state index in [0.29, 0.717) is 97.1 Å². The summed E-state index contributed by atoms with van der Waals surface area (Å²) in [5.41, 5.74) is 6.18. The van der Waals surface area contributed by atoms with Crippen molar-refractivity contribution in [1.82, 2.24) is 20.5 Å². The van der Waals surface area contributed by atoms with Crippen LogP contribution in [0.1, 0.15) is 117 Å². The number of rotatable bonds is 25. The summed E-state index contributed by atoms with van der Waals surface area (Å²) in [4.78, 5) is 75.1. The Morgan fingerprint density at radius 1 is 0.882 bits per heavy atom. The lowest BCUT2D eigenvalue weighted by atomic mass is 9.94. The summed E-state index contributed by atoms with van der Waals surface area (Å²) in [6.07, 6.45) is 2.31. The molecule has 1 aliphatic heterocycles. The van der Waals surface area contributed by atoms with Crippen LogP contribution < -0.4 is 15.5 Å². The number of aliphatic hydroxyl groups is 1. The van der Waals surface area contributed by atoms with Gasteiger partial charge in [0.25, 0.3) is 17.7 Å². The summed E-state index contributed by atoms with van der Waals surface area (Å²) in [6.45, 7) is 14.1. The first kappa shape index (κ1) is 51.4. The van der Waals surface area contributed by atoms with Gasteiger partial charge in [0.1, 0.15) is 12.4 Å².